The summed E-state index contributed by atoms with van der Waals surface area (Å²) in [5.41, 5.74) is 1.73. The molecule has 0 heterocycles. The summed E-state index contributed by atoms with van der Waals surface area (Å²) in [6.07, 6.45) is 1.77. The Morgan fingerprint density at radius 2 is 1.79 bits per heavy atom. The normalized spacial score (nSPS) is 14.9. The van der Waals surface area contributed by atoms with E-state index < -0.39 is 6.03 Å². The number of para-hydroxylation sites is 1. The van der Waals surface area contributed by atoms with Crippen LogP contribution in [0.3, 0.4) is 0 Å². The highest BCUT2D eigenvalue weighted by Crippen LogP contribution is 2.30. The summed E-state index contributed by atoms with van der Waals surface area (Å²) in [5, 5.41) is 5.14. The van der Waals surface area contributed by atoms with Gasteiger partial charge in [-0.25, -0.2) is 4.79 Å². The zero-order chi connectivity index (χ0) is 14.0. The number of urea groups is 1. The molecule has 0 radical (unpaired) electrons. The highest BCUT2D eigenvalue weighted by atomic mass is 16.2. The number of imide groups is 1. The number of hydrogen-bond donors (Lipinski definition) is 2. The van der Waals surface area contributed by atoms with Gasteiger partial charge in [0.1, 0.15) is 0 Å². The summed E-state index contributed by atoms with van der Waals surface area (Å²) in [5.74, 6) is -0.144. The molecule has 0 saturated heterocycles. The minimum atomic E-state index is -0.450. The lowest BCUT2D eigenvalue weighted by Gasteiger charge is -2.22. The van der Waals surface area contributed by atoms with Crippen LogP contribution in [0, 0.1) is 5.92 Å². The Hall–Kier alpha value is -1.84. The molecule has 1 aromatic rings. The maximum absolute atomic E-state index is 11.8. The molecule has 19 heavy (non-hydrogen) atoms. The molecule has 0 atom stereocenters. The summed E-state index contributed by atoms with van der Waals surface area (Å²) in [6.45, 7) is 6.25. The minimum Gasteiger partial charge on any atom is -0.307 e. The minimum absolute atomic E-state index is 0.0311. The smallest absolute Gasteiger partial charge is 0.307 e. The van der Waals surface area contributed by atoms with E-state index in [1.807, 2.05) is 24.3 Å². The Kier molecular flexibility index (Phi) is 3.60. The molecule has 2 N–H and O–H groups in total. The fraction of sp³-hybridized carbons (Fsp3) is 0.467. The molecule has 102 valence electrons. The van der Waals surface area contributed by atoms with Gasteiger partial charge in [-0.1, -0.05) is 39.0 Å². The first-order valence-corrected chi connectivity index (χ1v) is 6.59. The summed E-state index contributed by atoms with van der Waals surface area (Å²) in [7, 11) is 0. The van der Waals surface area contributed by atoms with Crippen LogP contribution in [0.5, 0.6) is 0 Å². The average molecular weight is 260 g/mol. The molecule has 0 spiro atoms. The largest absolute Gasteiger partial charge is 0.325 e. The third-order valence-electron chi connectivity index (χ3n) is 3.17. The Morgan fingerprint density at radius 3 is 2.37 bits per heavy atom. The second-order valence-electron chi connectivity index (χ2n) is 6.01. The van der Waals surface area contributed by atoms with Crippen molar-refractivity contribution in [3.05, 3.63) is 29.8 Å². The maximum Gasteiger partial charge on any atom is 0.325 e. The monoisotopic (exact) mass is 260 g/mol. The zero-order valence-electron chi connectivity index (χ0n) is 11.6. The second-order valence-corrected chi connectivity index (χ2v) is 6.01. The number of benzene rings is 1. The Labute approximate surface area is 113 Å². The van der Waals surface area contributed by atoms with Crippen LogP contribution in [0.15, 0.2) is 24.3 Å². The first-order valence-electron chi connectivity index (χ1n) is 6.59. The fourth-order valence-corrected chi connectivity index (χ4v) is 1.96. The van der Waals surface area contributed by atoms with E-state index in [2.05, 4.69) is 31.4 Å². The lowest BCUT2D eigenvalue weighted by Crippen LogP contribution is -2.35. The lowest BCUT2D eigenvalue weighted by atomic mass is 9.86. The number of carbonyl (C=O) groups excluding carboxylic acids is 2. The predicted octanol–water partition coefficient (Wildman–Crippen LogP) is 3.04. The van der Waals surface area contributed by atoms with E-state index >= 15 is 0 Å². The molecule has 1 aromatic carbocycles. The van der Waals surface area contributed by atoms with Crippen molar-refractivity contribution in [3.63, 3.8) is 0 Å². The molecule has 1 aliphatic carbocycles. The van der Waals surface area contributed by atoms with Crippen LogP contribution in [0.4, 0.5) is 10.5 Å². The van der Waals surface area contributed by atoms with Crippen LogP contribution in [0.1, 0.15) is 39.2 Å². The molecular formula is C15H20N2O2. The van der Waals surface area contributed by atoms with Gasteiger partial charge in [0.2, 0.25) is 5.91 Å². The van der Waals surface area contributed by atoms with Gasteiger partial charge in [-0.2, -0.15) is 0 Å². The van der Waals surface area contributed by atoms with Crippen LogP contribution in [0.25, 0.3) is 0 Å². The van der Waals surface area contributed by atoms with Gasteiger partial charge in [0.05, 0.1) is 0 Å². The van der Waals surface area contributed by atoms with Gasteiger partial charge in [-0.15, -0.1) is 0 Å². The van der Waals surface area contributed by atoms with Gasteiger partial charge in [0.25, 0.3) is 0 Å². The van der Waals surface area contributed by atoms with Gasteiger partial charge in [0, 0.05) is 11.6 Å². The zero-order valence-corrected chi connectivity index (χ0v) is 11.6. The van der Waals surface area contributed by atoms with Gasteiger partial charge in [-0.05, 0) is 29.9 Å². The maximum atomic E-state index is 11.8. The van der Waals surface area contributed by atoms with E-state index in [9.17, 15) is 9.59 Å². The number of nitrogens with one attached hydrogen (secondary N) is 2. The molecule has 1 fully saturated rings. The van der Waals surface area contributed by atoms with Gasteiger partial charge in [-0.3, -0.25) is 10.1 Å². The molecule has 1 aliphatic rings. The first kappa shape index (κ1) is 13.6. The van der Waals surface area contributed by atoms with Crippen molar-refractivity contribution in [1.29, 1.82) is 0 Å². The Bertz CT molecular complexity index is 499. The molecule has 0 aromatic heterocycles. The van der Waals surface area contributed by atoms with Gasteiger partial charge in [0.15, 0.2) is 0 Å². The van der Waals surface area contributed by atoms with Crippen molar-refractivity contribution in [3.8, 4) is 0 Å². The number of amides is 3. The van der Waals surface area contributed by atoms with Crippen LogP contribution >= 0.6 is 0 Å². The summed E-state index contributed by atoms with van der Waals surface area (Å²) < 4.78 is 0. The SMILES string of the molecule is CC(C)(C)c1ccccc1NC(=O)NC(=O)C1CC1. The van der Waals surface area contributed by atoms with Crippen molar-refractivity contribution in [1.82, 2.24) is 5.32 Å². The van der Waals surface area contributed by atoms with Crippen molar-refractivity contribution < 1.29 is 9.59 Å². The topological polar surface area (TPSA) is 58.2 Å². The highest BCUT2D eigenvalue weighted by molar-refractivity contribution is 6.02. The summed E-state index contributed by atoms with van der Waals surface area (Å²) >= 11 is 0. The molecule has 0 aliphatic heterocycles. The lowest BCUT2D eigenvalue weighted by molar-refractivity contribution is -0.121. The van der Waals surface area contributed by atoms with E-state index in [0.29, 0.717) is 0 Å². The van der Waals surface area contributed by atoms with Gasteiger partial charge >= 0.3 is 6.03 Å². The molecule has 0 unspecified atom stereocenters. The Balaban J connectivity index is 2.06. The summed E-state index contributed by atoms with van der Waals surface area (Å²) in [4.78, 5) is 23.3. The van der Waals surface area contributed by atoms with Crippen LogP contribution in [-0.2, 0) is 10.2 Å². The van der Waals surface area contributed by atoms with Crippen molar-refractivity contribution in [2.24, 2.45) is 5.92 Å². The van der Waals surface area contributed by atoms with Crippen molar-refractivity contribution >= 4 is 17.6 Å². The quantitative estimate of drug-likeness (QED) is 0.858. The molecule has 1 saturated carbocycles. The van der Waals surface area contributed by atoms with E-state index in [1.54, 1.807) is 0 Å². The van der Waals surface area contributed by atoms with E-state index in [1.165, 1.54) is 0 Å². The molecular weight excluding hydrogens is 240 g/mol. The van der Waals surface area contributed by atoms with Crippen LogP contribution in [0.2, 0.25) is 0 Å². The molecule has 3 amide bonds. The van der Waals surface area contributed by atoms with Crippen molar-refractivity contribution in [2.45, 2.75) is 39.0 Å². The fourth-order valence-electron chi connectivity index (χ4n) is 1.96. The van der Waals surface area contributed by atoms with E-state index in [4.69, 9.17) is 0 Å². The average Bonchev–Trinajstić information content (AvgIpc) is 3.11. The van der Waals surface area contributed by atoms with E-state index in [-0.39, 0.29) is 17.2 Å². The van der Waals surface area contributed by atoms with Crippen LogP contribution in [-0.4, -0.2) is 11.9 Å². The number of carbonyl (C=O) groups is 2. The number of hydrogen-bond acceptors (Lipinski definition) is 2. The summed E-state index contributed by atoms with van der Waals surface area (Å²) in [6, 6.07) is 7.20. The van der Waals surface area contributed by atoms with Crippen molar-refractivity contribution in [2.75, 3.05) is 5.32 Å². The number of rotatable bonds is 2. The third kappa shape index (κ3) is 3.56. The highest BCUT2D eigenvalue weighted by Gasteiger charge is 2.30. The molecule has 2 rings (SSSR count). The second kappa shape index (κ2) is 5.03. The van der Waals surface area contributed by atoms with Gasteiger partial charge < -0.3 is 5.32 Å². The molecule has 0 bridgehead atoms. The molecule has 4 nitrogen and oxygen atoms in total. The molecule has 4 heteroatoms. The predicted molar refractivity (Wildman–Crippen MR) is 75.0 cm³/mol. The van der Waals surface area contributed by atoms with E-state index in [0.717, 1.165) is 24.1 Å². The first-order chi connectivity index (χ1) is 8.88. The third-order valence-corrected chi connectivity index (χ3v) is 3.17. The standard InChI is InChI=1S/C15H20N2O2/c1-15(2,3)11-6-4-5-7-12(11)16-14(19)17-13(18)10-8-9-10/h4-7,10H,8-9H2,1-3H3,(H2,16,17,18,19). The Morgan fingerprint density at radius 1 is 1.16 bits per heavy atom. The van der Waals surface area contributed by atoms with Crippen LogP contribution < -0.4 is 10.6 Å². The number of anilines is 1.